The first-order valence-corrected chi connectivity index (χ1v) is 10.1. The van der Waals surface area contributed by atoms with Gasteiger partial charge in [-0.25, -0.2) is 14.6 Å². The molecule has 0 fully saturated rings. The molecule has 6 N–H and O–H groups in total. The van der Waals surface area contributed by atoms with Gasteiger partial charge in [-0.3, -0.25) is 21.4 Å². The molecule has 0 atom stereocenters. The molecule has 0 radical (unpaired) electrons. The van der Waals surface area contributed by atoms with Gasteiger partial charge in [-0.05, 0) is 56.2 Å². The van der Waals surface area contributed by atoms with Gasteiger partial charge in [-0.15, -0.1) is 0 Å². The number of carbonyl (C=O) groups is 1. The van der Waals surface area contributed by atoms with E-state index in [4.69, 9.17) is 14.5 Å². The molecule has 170 valence electrons. The van der Waals surface area contributed by atoms with Crippen LogP contribution in [0.3, 0.4) is 0 Å². The molecule has 0 amide bonds. The van der Waals surface area contributed by atoms with E-state index in [-0.39, 0.29) is 13.2 Å². The van der Waals surface area contributed by atoms with Gasteiger partial charge >= 0.3 is 5.97 Å². The molecule has 0 unspecified atom stereocenters. The SMILES string of the molecule is CCOOCc1ccc(NCCCNc2ccc(C(=O)OCC)cc2NO)c(NO)c1. The fraction of sp³-hybridized carbons (Fsp3) is 0.381. The molecule has 0 bridgehead atoms. The third-order valence-corrected chi connectivity index (χ3v) is 4.27. The van der Waals surface area contributed by atoms with Crippen LogP contribution in [0.4, 0.5) is 22.7 Å². The number of hydrogen-bond acceptors (Lipinski definition) is 10. The number of benzene rings is 2. The molecular weight excluding hydrogens is 404 g/mol. The van der Waals surface area contributed by atoms with E-state index in [2.05, 4.69) is 21.6 Å². The third kappa shape index (κ3) is 7.61. The van der Waals surface area contributed by atoms with Gasteiger partial charge in [0.05, 0.1) is 41.5 Å². The van der Waals surface area contributed by atoms with Gasteiger partial charge in [0.25, 0.3) is 0 Å². The van der Waals surface area contributed by atoms with Crippen molar-refractivity contribution in [3.63, 3.8) is 0 Å². The van der Waals surface area contributed by atoms with Crippen LogP contribution in [0.15, 0.2) is 36.4 Å². The summed E-state index contributed by atoms with van der Waals surface area (Å²) in [5, 5.41) is 25.2. The second kappa shape index (κ2) is 13.3. The number of carbonyl (C=O) groups excluding carboxylic acids is 1. The largest absolute Gasteiger partial charge is 0.462 e. The Bertz CT molecular complexity index is 834. The summed E-state index contributed by atoms with van der Waals surface area (Å²) < 4.78 is 4.96. The minimum absolute atomic E-state index is 0.281. The molecule has 2 rings (SSSR count). The van der Waals surface area contributed by atoms with E-state index in [0.29, 0.717) is 42.3 Å². The molecule has 0 saturated carbocycles. The van der Waals surface area contributed by atoms with Crippen LogP contribution in [0, 0.1) is 0 Å². The summed E-state index contributed by atoms with van der Waals surface area (Å²) in [5.74, 6) is -0.446. The van der Waals surface area contributed by atoms with Gasteiger partial charge in [-0.2, -0.15) is 0 Å². The van der Waals surface area contributed by atoms with E-state index < -0.39 is 5.97 Å². The van der Waals surface area contributed by atoms with E-state index in [1.807, 2.05) is 19.1 Å². The summed E-state index contributed by atoms with van der Waals surface area (Å²) in [6.07, 6.45) is 0.755. The highest BCUT2D eigenvalue weighted by atomic mass is 17.2. The van der Waals surface area contributed by atoms with Crippen molar-refractivity contribution in [2.45, 2.75) is 26.9 Å². The predicted molar refractivity (Wildman–Crippen MR) is 118 cm³/mol. The average Bonchev–Trinajstić information content (AvgIpc) is 2.79. The number of nitrogens with one attached hydrogen (secondary N) is 4. The standard InChI is InChI=1S/C21H30N4O6/c1-3-29-21(26)16-7-9-18(20(13-16)25-28)23-11-5-10-22-17-8-6-15(12-19(17)24-27)14-31-30-4-2/h6-9,12-13,22-25,27-28H,3-5,10-11,14H2,1-2H3. The maximum Gasteiger partial charge on any atom is 0.338 e. The summed E-state index contributed by atoms with van der Waals surface area (Å²) in [6.45, 7) is 5.85. The van der Waals surface area contributed by atoms with Crippen LogP contribution in [-0.4, -0.2) is 42.7 Å². The zero-order valence-corrected chi connectivity index (χ0v) is 17.7. The summed E-state index contributed by atoms with van der Waals surface area (Å²) in [6, 6.07) is 10.4. The molecule has 0 aliphatic heterocycles. The molecule has 0 aliphatic carbocycles. The van der Waals surface area contributed by atoms with E-state index in [1.54, 1.807) is 25.1 Å². The molecular formula is C21H30N4O6. The van der Waals surface area contributed by atoms with Crippen LogP contribution >= 0.6 is 0 Å². The quantitative estimate of drug-likeness (QED) is 0.113. The predicted octanol–water partition coefficient (Wildman–Crippen LogP) is 3.85. The van der Waals surface area contributed by atoms with Crippen molar-refractivity contribution in [3.05, 3.63) is 47.5 Å². The molecule has 0 aromatic heterocycles. The number of hydrogen-bond donors (Lipinski definition) is 6. The summed E-state index contributed by atoms with van der Waals surface area (Å²) in [4.78, 5) is 21.7. The van der Waals surface area contributed by atoms with Gasteiger partial charge in [0.2, 0.25) is 0 Å². The maximum atomic E-state index is 11.8. The monoisotopic (exact) mass is 434 g/mol. The fourth-order valence-electron chi connectivity index (χ4n) is 2.79. The van der Waals surface area contributed by atoms with Gasteiger partial charge in [0, 0.05) is 13.1 Å². The van der Waals surface area contributed by atoms with Crippen molar-refractivity contribution >= 4 is 28.7 Å². The van der Waals surface area contributed by atoms with Crippen molar-refractivity contribution in [1.82, 2.24) is 0 Å². The highest BCUT2D eigenvalue weighted by molar-refractivity contribution is 5.92. The normalized spacial score (nSPS) is 10.5. The van der Waals surface area contributed by atoms with E-state index in [1.165, 1.54) is 6.07 Å². The van der Waals surface area contributed by atoms with Gasteiger partial charge < -0.3 is 15.4 Å². The first kappa shape index (κ1) is 24.2. The van der Waals surface area contributed by atoms with Crippen LogP contribution in [0.25, 0.3) is 0 Å². The summed E-state index contributed by atoms with van der Waals surface area (Å²) in [7, 11) is 0. The van der Waals surface area contributed by atoms with Gasteiger partial charge in [-0.1, -0.05) is 6.07 Å². The number of esters is 1. The Kier molecular flexibility index (Phi) is 10.4. The van der Waals surface area contributed by atoms with E-state index in [9.17, 15) is 15.2 Å². The highest BCUT2D eigenvalue weighted by Crippen LogP contribution is 2.24. The van der Waals surface area contributed by atoms with Crippen molar-refractivity contribution in [3.8, 4) is 0 Å². The minimum atomic E-state index is -0.446. The zero-order valence-electron chi connectivity index (χ0n) is 17.7. The fourth-order valence-corrected chi connectivity index (χ4v) is 2.79. The molecule has 10 nitrogen and oxygen atoms in total. The van der Waals surface area contributed by atoms with Crippen LogP contribution in [-0.2, 0) is 21.1 Å². The number of rotatable bonds is 14. The minimum Gasteiger partial charge on any atom is -0.462 e. The van der Waals surface area contributed by atoms with Crippen LogP contribution < -0.4 is 21.6 Å². The highest BCUT2D eigenvalue weighted by Gasteiger charge is 2.10. The Labute approximate surface area is 181 Å². The lowest BCUT2D eigenvalue weighted by Gasteiger charge is -2.14. The summed E-state index contributed by atoms with van der Waals surface area (Å²) in [5.41, 5.74) is 7.81. The Morgan fingerprint density at radius 3 is 2.10 bits per heavy atom. The summed E-state index contributed by atoms with van der Waals surface area (Å²) >= 11 is 0. The first-order valence-electron chi connectivity index (χ1n) is 10.1. The van der Waals surface area contributed by atoms with Crippen molar-refractivity contribution in [2.75, 3.05) is 47.9 Å². The maximum absolute atomic E-state index is 11.8. The average molecular weight is 434 g/mol. The van der Waals surface area contributed by atoms with Crippen molar-refractivity contribution in [2.24, 2.45) is 0 Å². The van der Waals surface area contributed by atoms with Crippen LogP contribution in [0.5, 0.6) is 0 Å². The molecule has 0 heterocycles. The second-order valence-electron chi connectivity index (χ2n) is 6.46. The topological polar surface area (TPSA) is 133 Å². The molecule has 10 heteroatoms. The van der Waals surface area contributed by atoms with E-state index >= 15 is 0 Å². The van der Waals surface area contributed by atoms with Crippen molar-refractivity contribution in [1.29, 1.82) is 0 Å². The Balaban J connectivity index is 1.83. The van der Waals surface area contributed by atoms with Gasteiger partial charge in [0.1, 0.15) is 6.61 Å². The third-order valence-electron chi connectivity index (χ3n) is 4.27. The van der Waals surface area contributed by atoms with Crippen LogP contribution in [0.1, 0.15) is 36.2 Å². The van der Waals surface area contributed by atoms with E-state index in [0.717, 1.165) is 17.7 Å². The molecule has 0 spiro atoms. The molecule has 0 saturated heterocycles. The van der Waals surface area contributed by atoms with Crippen molar-refractivity contribution < 1.29 is 29.7 Å². The Morgan fingerprint density at radius 2 is 1.48 bits per heavy atom. The molecule has 2 aromatic rings. The second-order valence-corrected chi connectivity index (χ2v) is 6.46. The Morgan fingerprint density at radius 1 is 0.839 bits per heavy atom. The lowest BCUT2D eigenvalue weighted by molar-refractivity contribution is -0.300. The lowest BCUT2D eigenvalue weighted by atomic mass is 10.1. The molecule has 31 heavy (non-hydrogen) atoms. The number of ether oxygens (including phenoxy) is 1. The lowest BCUT2D eigenvalue weighted by Crippen LogP contribution is -2.12. The Hall–Kier alpha value is -3.05. The molecule has 2 aromatic carbocycles. The first-order chi connectivity index (χ1) is 15.1. The van der Waals surface area contributed by atoms with Gasteiger partial charge in [0.15, 0.2) is 0 Å². The number of anilines is 4. The smallest absolute Gasteiger partial charge is 0.338 e. The van der Waals surface area contributed by atoms with Crippen LogP contribution in [0.2, 0.25) is 0 Å². The molecule has 0 aliphatic rings. The zero-order chi connectivity index (χ0) is 22.5.